The molecule has 1 aromatic carbocycles. The van der Waals surface area contributed by atoms with Gasteiger partial charge in [-0.05, 0) is 55.8 Å². The number of nitrogens with one attached hydrogen (secondary N) is 2. The number of likely N-dealkylation sites (tertiary alicyclic amines) is 1. The minimum absolute atomic E-state index is 0.0546. The number of piperidine rings is 1. The van der Waals surface area contributed by atoms with Gasteiger partial charge >= 0.3 is 0 Å². The fourth-order valence-electron chi connectivity index (χ4n) is 4.06. The Bertz CT molecular complexity index is 638. The number of halogens is 1. The number of carbonyl (C=O) groups is 2. The monoisotopic (exact) mass is 377 g/mol. The second kappa shape index (κ2) is 8.87. The van der Waals surface area contributed by atoms with Gasteiger partial charge in [0.1, 0.15) is 0 Å². The Labute approximate surface area is 160 Å². The van der Waals surface area contributed by atoms with E-state index in [2.05, 4.69) is 10.6 Å². The molecular formula is C20H28ClN3O2. The van der Waals surface area contributed by atoms with Gasteiger partial charge in [-0.2, -0.15) is 0 Å². The quantitative estimate of drug-likeness (QED) is 0.829. The van der Waals surface area contributed by atoms with Crippen molar-refractivity contribution in [3.63, 3.8) is 0 Å². The Hall–Kier alpha value is -1.59. The van der Waals surface area contributed by atoms with Crippen molar-refractivity contribution in [2.24, 2.45) is 5.92 Å². The molecule has 3 rings (SSSR count). The van der Waals surface area contributed by atoms with Gasteiger partial charge < -0.3 is 15.5 Å². The van der Waals surface area contributed by atoms with Crippen LogP contribution in [0.3, 0.4) is 0 Å². The molecule has 0 bridgehead atoms. The van der Waals surface area contributed by atoms with Crippen LogP contribution in [0.25, 0.3) is 0 Å². The highest BCUT2D eigenvalue weighted by molar-refractivity contribution is 6.30. The molecule has 2 atom stereocenters. The molecule has 0 saturated carbocycles. The van der Waals surface area contributed by atoms with Gasteiger partial charge in [-0.1, -0.05) is 23.7 Å². The molecule has 0 aliphatic carbocycles. The lowest BCUT2D eigenvalue weighted by Gasteiger charge is -2.32. The standard InChI is InChI=1S/C20H28ClN3O2/c1-14(25)24-10-7-15(8-11-24)12-19(26)23-20(18-6-3-9-22-18)16-4-2-5-17(21)13-16/h2,4-5,13,15,18,20,22H,3,6-12H2,1H3,(H,23,26)/t18-,20+/m1/s1. The lowest BCUT2D eigenvalue weighted by molar-refractivity contribution is -0.130. The highest BCUT2D eigenvalue weighted by atomic mass is 35.5. The van der Waals surface area contributed by atoms with Gasteiger partial charge in [-0.15, -0.1) is 0 Å². The molecule has 2 amide bonds. The van der Waals surface area contributed by atoms with Crippen molar-refractivity contribution in [3.05, 3.63) is 34.9 Å². The molecule has 5 nitrogen and oxygen atoms in total. The van der Waals surface area contributed by atoms with Crippen LogP contribution in [0.15, 0.2) is 24.3 Å². The minimum Gasteiger partial charge on any atom is -0.348 e. The van der Waals surface area contributed by atoms with Crippen LogP contribution in [-0.2, 0) is 9.59 Å². The van der Waals surface area contributed by atoms with Gasteiger partial charge in [-0.25, -0.2) is 0 Å². The maximum atomic E-state index is 12.7. The lowest BCUT2D eigenvalue weighted by Crippen LogP contribution is -2.42. The van der Waals surface area contributed by atoms with Crippen molar-refractivity contribution < 1.29 is 9.59 Å². The van der Waals surface area contributed by atoms with Gasteiger partial charge in [0, 0.05) is 37.5 Å². The molecule has 0 aromatic heterocycles. The van der Waals surface area contributed by atoms with E-state index in [1.807, 2.05) is 29.2 Å². The smallest absolute Gasteiger partial charge is 0.220 e. The third-order valence-corrected chi connectivity index (χ3v) is 5.79. The molecule has 0 unspecified atom stereocenters. The number of carbonyl (C=O) groups excluding carboxylic acids is 2. The zero-order chi connectivity index (χ0) is 18.5. The summed E-state index contributed by atoms with van der Waals surface area (Å²) in [6, 6.07) is 7.95. The molecule has 1 aromatic rings. The molecule has 2 aliphatic rings. The topological polar surface area (TPSA) is 61.4 Å². The highest BCUT2D eigenvalue weighted by Crippen LogP contribution is 2.26. The molecule has 142 valence electrons. The second-order valence-electron chi connectivity index (χ2n) is 7.46. The Balaban J connectivity index is 1.60. The summed E-state index contributed by atoms with van der Waals surface area (Å²) in [5.74, 6) is 0.563. The number of benzene rings is 1. The number of amides is 2. The first-order valence-electron chi connectivity index (χ1n) is 9.56. The van der Waals surface area contributed by atoms with Crippen LogP contribution in [0.1, 0.15) is 50.6 Å². The van der Waals surface area contributed by atoms with Crippen molar-refractivity contribution in [2.45, 2.75) is 51.1 Å². The van der Waals surface area contributed by atoms with Gasteiger partial charge in [0.05, 0.1) is 6.04 Å². The Morgan fingerprint density at radius 2 is 2.08 bits per heavy atom. The molecular weight excluding hydrogens is 350 g/mol. The van der Waals surface area contributed by atoms with E-state index in [1.54, 1.807) is 6.92 Å². The summed E-state index contributed by atoms with van der Waals surface area (Å²) in [5, 5.41) is 7.43. The van der Waals surface area contributed by atoms with Crippen LogP contribution in [-0.4, -0.2) is 42.4 Å². The van der Waals surface area contributed by atoms with Crippen molar-refractivity contribution >= 4 is 23.4 Å². The average Bonchev–Trinajstić information content (AvgIpc) is 3.14. The van der Waals surface area contributed by atoms with E-state index in [0.717, 1.165) is 50.9 Å². The number of rotatable bonds is 5. The third-order valence-electron chi connectivity index (χ3n) is 5.56. The van der Waals surface area contributed by atoms with E-state index >= 15 is 0 Å². The predicted octanol–water partition coefficient (Wildman–Crippen LogP) is 2.90. The van der Waals surface area contributed by atoms with Gasteiger partial charge in [0.25, 0.3) is 0 Å². The first-order valence-corrected chi connectivity index (χ1v) is 9.94. The summed E-state index contributed by atoms with van der Waals surface area (Å²) >= 11 is 6.16. The zero-order valence-electron chi connectivity index (χ0n) is 15.3. The lowest BCUT2D eigenvalue weighted by atomic mass is 9.92. The van der Waals surface area contributed by atoms with Crippen LogP contribution in [0.2, 0.25) is 5.02 Å². The van der Waals surface area contributed by atoms with E-state index in [0.29, 0.717) is 17.4 Å². The van der Waals surface area contributed by atoms with Crippen molar-refractivity contribution in [3.8, 4) is 0 Å². The largest absolute Gasteiger partial charge is 0.348 e. The first kappa shape index (κ1) is 19.2. The van der Waals surface area contributed by atoms with E-state index in [1.165, 1.54) is 0 Å². The van der Waals surface area contributed by atoms with Gasteiger partial charge in [0.15, 0.2) is 0 Å². The predicted molar refractivity (Wildman–Crippen MR) is 103 cm³/mol. The maximum absolute atomic E-state index is 12.7. The van der Waals surface area contributed by atoms with E-state index in [9.17, 15) is 9.59 Å². The Morgan fingerprint density at radius 1 is 1.31 bits per heavy atom. The number of hydrogen-bond acceptors (Lipinski definition) is 3. The summed E-state index contributed by atoms with van der Waals surface area (Å²) in [6.45, 7) is 4.11. The molecule has 26 heavy (non-hydrogen) atoms. The third kappa shape index (κ3) is 4.98. The first-order chi connectivity index (χ1) is 12.5. The summed E-state index contributed by atoms with van der Waals surface area (Å²) in [5.41, 5.74) is 1.05. The molecule has 2 saturated heterocycles. The van der Waals surface area contributed by atoms with Crippen molar-refractivity contribution in [1.82, 2.24) is 15.5 Å². The fourth-order valence-corrected chi connectivity index (χ4v) is 4.26. The van der Waals surface area contributed by atoms with E-state index in [-0.39, 0.29) is 23.9 Å². The van der Waals surface area contributed by atoms with Crippen LogP contribution in [0.4, 0.5) is 0 Å². The van der Waals surface area contributed by atoms with Crippen LogP contribution in [0, 0.1) is 5.92 Å². The zero-order valence-corrected chi connectivity index (χ0v) is 16.1. The normalized spacial score (nSPS) is 22.2. The summed E-state index contributed by atoms with van der Waals surface area (Å²) in [4.78, 5) is 26.0. The Morgan fingerprint density at radius 3 is 2.69 bits per heavy atom. The van der Waals surface area contributed by atoms with Gasteiger partial charge in [-0.3, -0.25) is 9.59 Å². The van der Waals surface area contributed by atoms with Crippen LogP contribution in [0.5, 0.6) is 0 Å². The van der Waals surface area contributed by atoms with E-state index in [4.69, 9.17) is 11.6 Å². The molecule has 2 fully saturated rings. The fraction of sp³-hybridized carbons (Fsp3) is 0.600. The Kier molecular flexibility index (Phi) is 6.54. The molecule has 6 heteroatoms. The molecule has 2 N–H and O–H groups in total. The molecule has 2 aliphatic heterocycles. The molecule has 2 heterocycles. The second-order valence-corrected chi connectivity index (χ2v) is 7.89. The summed E-state index contributed by atoms with van der Waals surface area (Å²) in [6.07, 6.45) is 4.50. The van der Waals surface area contributed by atoms with Crippen LogP contribution < -0.4 is 10.6 Å². The van der Waals surface area contributed by atoms with Gasteiger partial charge in [0.2, 0.25) is 11.8 Å². The molecule has 0 radical (unpaired) electrons. The van der Waals surface area contributed by atoms with Crippen LogP contribution >= 0.6 is 11.6 Å². The minimum atomic E-state index is -0.0546. The van der Waals surface area contributed by atoms with Crippen molar-refractivity contribution in [1.29, 1.82) is 0 Å². The van der Waals surface area contributed by atoms with E-state index < -0.39 is 0 Å². The number of hydrogen-bond donors (Lipinski definition) is 2. The SMILES string of the molecule is CC(=O)N1CCC(CC(=O)N[C@@H](c2cccc(Cl)c2)[C@H]2CCCN2)CC1. The highest BCUT2D eigenvalue weighted by Gasteiger charge is 2.29. The summed E-state index contributed by atoms with van der Waals surface area (Å²) < 4.78 is 0. The molecule has 0 spiro atoms. The average molecular weight is 378 g/mol. The summed E-state index contributed by atoms with van der Waals surface area (Å²) in [7, 11) is 0. The number of nitrogens with zero attached hydrogens (tertiary/aromatic N) is 1. The van der Waals surface area contributed by atoms with Crippen molar-refractivity contribution in [2.75, 3.05) is 19.6 Å². The maximum Gasteiger partial charge on any atom is 0.220 e.